The predicted molar refractivity (Wildman–Crippen MR) is 104 cm³/mol. The zero-order valence-corrected chi connectivity index (χ0v) is 15.9. The number of nitrogens with zero attached hydrogens (tertiary/aromatic N) is 4. The van der Waals surface area contributed by atoms with Crippen LogP contribution in [0.25, 0.3) is 11.4 Å². The Hall–Kier alpha value is -2.90. The maximum atomic E-state index is 12.3. The first kappa shape index (κ1) is 18.5. The van der Waals surface area contributed by atoms with Gasteiger partial charge in [0.2, 0.25) is 11.7 Å². The van der Waals surface area contributed by atoms with Crippen LogP contribution in [0.4, 0.5) is 4.79 Å². The van der Waals surface area contributed by atoms with E-state index in [0.29, 0.717) is 55.2 Å². The van der Waals surface area contributed by atoms with Crippen LogP contribution in [0.15, 0.2) is 59.1 Å². The molecule has 0 aliphatic carbocycles. The highest BCUT2D eigenvalue weighted by atomic mass is 35.5. The largest absolute Gasteiger partial charge is 0.415 e. The fraction of sp³-hybridized carbons (Fsp3) is 0.250. The highest BCUT2D eigenvalue weighted by Gasteiger charge is 2.24. The van der Waals surface area contributed by atoms with Crippen LogP contribution in [0.5, 0.6) is 5.75 Å². The Labute approximate surface area is 167 Å². The van der Waals surface area contributed by atoms with Crippen molar-refractivity contribution in [3.05, 3.63) is 65.5 Å². The third-order valence-electron chi connectivity index (χ3n) is 4.49. The van der Waals surface area contributed by atoms with Crippen molar-refractivity contribution in [3.63, 3.8) is 0 Å². The first-order valence-corrected chi connectivity index (χ1v) is 9.38. The molecule has 0 radical (unpaired) electrons. The van der Waals surface area contributed by atoms with Crippen LogP contribution < -0.4 is 4.74 Å². The normalized spacial score (nSPS) is 14.8. The molecule has 0 N–H and O–H groups in total. The van der Waals surface area contributed by atoms with Gasteiger partial charge in [-0.3, -0.25) is 4.90 Å². The Morgan fingerprint density at radius 3 is 2.61 bits per heavy atom. The monoisotopic (exact) mass is 398 g/mol. The van der Waals surface area contributed by atoms with E-state index < -0.39 is 0 Å². The summed E-state index contributed by atoms with van der Waals surface area (Å²) in [4.78, 5) is 20.6. The van der Waals surface area contributed by atoms with Gasteiger partial charge in [0.1, 0.15) is 5.75 Å². The van der Waals surface area contributed by atoms with Gasteiger partial charge in [0.15, 0.2) is 0 Å². The molecular formula is C20H19ClN4O3. The fourth-order valence-electron chi connectivity index (χ4n) is 3.00. The molecule has 28 heavy (non-hydrogen) atoms. The van der Waals surface area contributed by atoms with Gasteiger partial charge in [-0.2, -0.15) is 4.98 Å². The van der Waals surface area contributed by atoms with Gasteiger partial charge < -0.3 is 14.2 Å². The maximum absolute atomic E-state index is 12.3. The molecule has 1 saturated heterocycles. The summed E-state index contributed by atoms with van der Waals surface area (Å²) in [5, 5.41) is 4.65. The van der Waals surface area contributed by atoms with E-state index in [1.807, 2.05) is 30.3 Å². The van der Waals surface area contributed by atoms with E-state index in [1.54, 1.807) is 29.2 Å². The third-order valence-corrected chi connectivity index (χ3v) is 4.72. The molecule has 1 aliphatic rings. The molecule has 144 valence electrons. The number of rotatable bonds is 4. The Balaban J connectivity index is 1.29. The molecular weight excluding hydrogens is 380 g/mol. The van der Waals surface area contributed by atoms with Gasteiger partial charge in [0.25, 0.3) is 0 Å². The second kappa shape index (κ2) is 8.41. The number of halogens is 1. The van der Waals surface area contributed by atoms with E-state index in [1.165, 1.54) is 0 Å². The van der Waals surface area contributed by atoms with Gasteiger partial charge in [-0.15, -0.1) is 0 Å². The summed E-state index contributed by atoms with van der Waals surface area (Å²) in [6.07, 6.45) is -0.327. The summed E-state index contributed by atoms with van der Waals surface area (Å²) in [6.45, 7) is 3.12. The highest BCUT2D eigenvalue weighted by molar-refractivity contribution is 6.30. The van der Waals surface area contributed by atoms with E-state index in [-0.39, 0.29) is 6.09 Å². The fourth-order valence-corrected chi connectivity index (χ4v) is 3.19. The molecule has 0 unspecified atom stereocenters. The summed E-state index contributed by atoms with van der Waals surface area (Å²) in [6, 6.07) is 16.4. The number of piperazine rings is 1. The topological polar surface area (TPSA) is 71.7 Å². The zero-order valence-electron chi connectivity index (χ0n) is 15.1. The standard InChI is InChI=1S/C20H19ClN4O3/c21-16-6-4-5-15(13-16)19-22-18(28-23-19)14-24-9-11-25(12-10-24)20(26)27-17-7-2-1-3-8-17/h1-8,13H,9-12,14H2. The quantitative estimate of drug-likeness (QED) is 0.667. The van der Waals surface area contributed by atoms with E-state index in [0.717, 1.165) is 5.56 Å². The molecule has 7 nitrogen and oxygen atoms in total. The molecule has 0 atom stereocenters. The number of benzene rings is 2. The van der Waals surface area contributed by atoms with Crippen LogP contribution in [0, 0.1) is 0 Å². The minimum Gasteiger partial charge on any atom is -0.410 e. The van der Waals surface area contributed by atoms with Crippen molar-refractivity contribution in [3.8, 4) is 17.1 Å². The average Bonchev–Trinajstić information content (AvgIpc) is 3.18. The van der Waals surface area contributed by atoms with Crippen molar-refractivity contribution >= 4 is 17.7 Å². The number of hydrogen-bond acceptors (Lipinski definition) is 6. The zero-order chi connectivity index (χ0) is 19.3. The Morgan fingerprint density at radius 1 is 1.07 bits per heavy atom. The van der Waals surface area contributed by atoms with Crippen molar-refractivity contribution < 1.29 is 14.1 Å². The predicted octanol–water partition coefficient (Wildman–Crippen LogP) is 3.71. The van der Waals surface area contributed by atoms with Crippen LogP contribution in [0.2, 0.25) is 5.02 Å². The van der Waals surface area contributed by atoms with Gasteiger partial charge in [-0.25, -0.2) is 4.79 Å². The van der Waals surface area contributed by atoms with Gasteiger partial charge in [0.05, 0.1) is 6.54 Å². The van der Waals surface area contributed by atoms with Crippen molar-refractivity contribution in [2.24, 2.45) is 0 Å². The van der Waals surface area contributed by atoms with Gasteiger partial charge in [0, 0.05) is 36.8 Å². The lowest BCUT2D eigenvalue weighted by atomic mass is 10.2. The number of ether oxygens (including phenoxy) is 1. The Morgan fingerprint density at radius 2 is 1.86 bits per heavy atom. The minimum absolute atomic E-state index is 0.327. The lowest BCUT2D eigenvalue weighted by Gasteiger charge is -2.33. The molecule has 8 heteroatoms. The molecule has 2 aromatic carbocycles. The number of carbonyl (C=O) groups is 1. The van der Waals surface area contributed by atoms with Crippen molar-refractivity contribution in [2.75, 3.05) is 26.2 Å². The van der Waals surface area contributed by atoms with Gasteiger partial charge in [-0.05, 0) is 24.3 Å². The summed E-state index contributed by atoms with van der Waals surface area (Å²) in [7, 11) is 0. The second-order valence-corrected chi connectivity index (χ2v) is 6.90. The van der Waals surface area contributed by atoms with Gasteiger partial charge >= 0.3 is 6.09 Å². The Kier molecular flexibility index (Phi) is 5.55. The number of amides is 1. The van der Waals surface area contributed by atoms with Crippen molar-refractivity contribution in [1.82, 2.24) is 19.9 Å². The van der Waals surface area contributed by atoms with Crippen LogP contribution in [-0.4, -0.2) is 52.2 Å². The van der Waals surface area contributed by atoms with E-state index in [9.17, 15) is 4.79 Å². The average molecular weight is 399 g/mol. The minimum atomic E-state index is -0.327. The highest BCUT2D eigenvalue weighted by Crippen LogP contribution is 2.20. The molecule has 2 heterocycles. The summed E-state index contributed by atoms with van der Waals surface area (Å²) >= 11 is 6.01. The van der Waals surface area contributed by atoms with E-state index in [4.69, 9.17) is 20.9 Å². The first-order chi connectivity index (χ1) is 13.7. The lowest BCUT2D eigenvalue weighted by Crippen LogP contribution is -2.49. The molecule has 0 bridgehead atoms. The molecule has 1 amide bonds. The van der Waals surface area contributed by atoms with Crippen molar-refractivity contribution in [1.29, 1.82) is 0 Å². The second-order valence-electron chi connectivity index (χ2n) is 6.47. The molecule has 1 aliphatic heterocycles. The van der Waals surface area contributed by atoms with Crippen LogP contribution >= 0.6 is 11.6 Å². The first-order valence-electron chi connectivity index (χ1n) is 9.00. The molecule has 0 spiro atoms. The maximum Gasteiger partial charge on any atom is 0.415 e. The third kappa shape index (κ3) is 4.49. The summed E-state index contributed by atoms with van der Waals surface area (Å²) in [5.74, 6) is 1.60. The van der Waals surface area contributed by atoms with E-state index in [2.05, 4.69) is 15.0 Å². The van der Waals surface area contributed by atoms with Crippen molar-refractivity contribution in [2.45, 2.75) is 6.54 Å². The van der Waals surface area contributed by atoms with E-state index >= 15 is 0 Å². The molecule has 4 rings (SSSR count). The molecule has 1 aromatic heterocycles. The van der Waals surface area contributed by atoms with Crippen LogP contribution in [0.3, 0.4) is 0 Å². The molecule has 3 aromatic rings. The van der Waals surface area contributed by atoms with Crippen LogP contribution in [-0.2, 0) is 6.54 Å². The summed E-state index contributed by atoms with van der Waals surface area (Å²) < 4.78 is 10.8. The smallest absolute Gasteiger partial charge is 0.410 e. The number of carbonyl (C=O) groups excluding carboxylic acids is 1. The summed E-state index contributed by atoms with van der Waals surface area (Å²) in [5.41, 5.74) is 0.816. The molecule has 1 fully saturated rings. The lowest BCUT2D eigenvalue weighted by molar-refractivity contribution is 0.102. The van der Waals surface area contributed by atoms with Gasteiger partial charge in [-0.1, -0.05) is 47.1 Å². The number of para-hydroxylation sites is 1. The number of hydrogen-bond donors (Lipinski definition) is 0. The SMILES string of the molecule is O=C(Oc1ccccc1)N1CCN(Cc2nc(-c3cccc(Cl)c3)no2)CC1. The number of aromatic nitrogens is 2. The Bertz CT molecular complexity index is 939. The molecule has 0 saturated carbocycles. The van der Waals surface area contributed by atoms with Crippen LogP contribution in [0.1, 0.15) is 5.89 Å².